The molecule has 1 aromatic carbocycles. The number of rotatable bonds is 3. The molecule has 2 aliphatic heterocycles. The molecular weight excluding hydrogens is 270 g/mol. The summed E-state index contributed by atoms with van der Waals surface area (Å²) in [6.45, 7) is 1.08. The predicted octanol–water partition coefficient (Wildman–Crippen LogP) is 3.63. The van der Waals surface area contributed by atoms with Crippen molar-refractivity contribution >= 4 is 5.57 Å². The molecule has 2 aliphatic rings. The molecule has 3 heterocycles. The van der Waals surface area contributed by atoms with Crippen molar-refractivity contribution in [2.75, 3.05) is 0 Å². The average molecular weight is 293 g/mol. The van der Waals surface area contributed by atoms with Crippen molar-refractivity contribution in [3.63, 3.8) is 0 Å². The Hall–Kier alpha value is -1.87. The molecule has 0 spiro atoms. The van der Waals surface area contributed by atoms with E-state index in [0.29, 0.717) is 12.1 Å². The van der Waals surface area contributed by atoms with Crippen LogP contribution in [0.3, 0.4) is 0 Å². The highest BCUT2D eigenvalue weighted by Crippen LogP contribution is 2.37. The molecule has 3 nitrogen and oxygen atoms in total. The number of aromatic nitrogens is 2. The Balaban J connectivity index is 1.59. The first-order valence-corrected chi connectivity index (χ1v) is 8.29. The Morgan fingerprint density at radius 2 is 2.05 bits per heavy atom. The molecular formula is C19H23N3. The van der Waals surface area contributed by atoms with Crippen LogP contribution in [-0.4, -0.2) is 26.8 Å². The van der Waals surface area contributed by atoms with Gasteiger partial charge in [-0.2, -0.15) is 5.10 Å². The summed E-state index contributed by atoms with van der Waals surface area (Å²) in [6, 6.07) is 12.1. The minimum Gasteiger partial charge on any atom is -0.289 e. The Morgan fingerprint density at radius 1 is 1.18 bits per heavy atom. The fourth-order valence-corrected chi connectivity index (χ4v) is 3.96. The second-order valence-corrected chi connectivity index (χ2v) is 6.61. The van der Waals surface area contributed by atoms with Crippen LogP contribution in [0.25, 0.3) is 5.57 Å². The van der Waals surface area contributed by atoms with E-state index < -0.39 is 0 Å². The van der Waals surface area contributed by atoms with E-state index in [1.54, 1.807) is 0 Å². The van der Waals surface area contributed by atoms with Crippen molar-refractivity contribution in [1.82, 2.24) is 14.7 Å². The van der Waals surface area contributed by atoms with E-state index in [4.69, 9.17) is 0 Å². The van der Waals surface area contributed by atoms with E-state index in [1.165, 1.54) is 36.0 Å². The lowest BCUT2D eigenvalue weighted by molar-refractivity contribution is 0.0951. The monoisotopic (exact) mass is 293 g/mol. The summed E-state index contributed by atoms with van der Waals surface area (Å²) in [7, 11) is 2.00. The number of piperidine rings is 1. The zero-order chi connectivity index (χ0) is 14.9. The molecule has 2 bridgehead atoms. The average Bonchev–Trinajstić information content (AvgIpc) is 2.94. The number of benzene rings is 1. The molecule has 0 saturated carbocycles. The van der Waals surface area contributed by atoms with Crippen LogP contribution in [0.2, 0.25) is 0 Å². The number of hydrogen-bond acceptors (Lipinski definition) is 2. The summed E-state index contributed by atoms with van der Waals surface area (Å²) in [5.74, 6) is 0. The van der Waals surface area contributed by atoms with Crippen LogP contribution in [0, 0.1) is 0 Å². The van der Waals surface area contributed by atoms with Crippen LogP contribution in [0.1, 0.15) is 36.8 Å². The van der Waals surface area contributed by atoms with E-state index in [-0.39, 0.29) is 0 Å². The smallest absolute Gasteiger partial charge is 0.0564 e. The van der Waals surface area contributed by atoms with Crippen LogP contribution < -0.4 is 0 Å². The molecule has 0 aliphatic carbocycles. The van der Waals surface area contributed by atoms with Crippen LogP contribution >= 0.6 is 0 Å². The molecule has 0 radical (unpaired) electrons. The quantitative estimate of drug-likeness (QED) is 0.861. The first-order chi connectivity index (χ1) is 10.8. The van der Waals surface area contributed by atoms with Gasteiger partial charge < -0.3 is 0 Å². The zero-order valence-electron chi connectivity index (χ0n) is 13.2. The van der Waals surface area contributed by atoms with E-state index >= 15 is 0 Å². The summed E-state index contributed by atoms with van der Waals surface area (Å²) in [5.41, 5.74) is 4.23. The van der Waals surface area contributed by atoms with E-state index in [9.17, 15) is 0 Å². The minimum absolute atomic E-state index is 0.586. The standard InChI is InChI=1S/C19H23N3/c1-21-14-17(12-20-21)16-10-18-8-5-9-19(11-16)22(18)13-15-6-3-2-4-7-15/h2-4,6-7,10,12,14,18-19H,5,8-9,11,13H2,1H3. The highest BCUT2D eigenvalue weighted by atomic mass is 15.2. The molecule has 22 heavy (non-hydrogen) atoms. The first-order valence-electron chi connectivity index (χ1n) is 8.29. The zero-order valence-corrected chi connectivity index (χ0v) is 13.2. The van der Waals surface area contributed by atoms with Gasteiger partial charge in [0.1, 0.15) is 0 Å². The maximum Gasteiger partial charge on any atom is 0.0564 e. The Kier molecular flexibility index (Phi) is 3.59. The van der Waals surface area contributed by atoms with Gasteiger partial charge in [-0.15, -0.1) is 0 Å². The fraction of sp³-hybridized carbons (Fsp3) is 0.421. The highest BCUT2D eigenvalue weighted by Gasteiger charge is 2.34. The van der Waals surface area contributed by atoms with Gasteiger partial charge in [-0.3, -0.25) is 9.58 Å². The molecule has 0 N–H and O–H groups in total. The number of fused-ring (bicyclic) bond motifs is 2. The Labute approximate surface area is 132 Å². The van der Waals surface area contributed by atoms with Crippen molar-refractivity contribution in [3.05, 3.63) is 59.9 Å². The molecule has 4 rings (SSSR count). The highest BCUT2D eigenvalue weighted by molar-refractivity contribution is 5.66. The lowest BCUT2D eigenvalue weighted by Gasteiger charge is -2.45. The van der Waals surface area contributed by atoms with Gasteiger partial charge >= 0.3 is 0 Å². The van der Waals surface area contributed by atoms with Crippen molar-refractivity contribution in [3.8, 4) is 0 Å². The summed E-state index contributed by atoms with van der Waals surface area (Å²) < 4.78 is 1.91. The summed E-state index contributed by atoms with van der Waals surface area (Å²) in [5, 5.41) is 4.33. The second-order valence-electron chi connectivity index (χ2n) is 6.61. The molecule has 2 atom stereocenters. The molecule has 0 amide bonds. The van der Waals surface area contributed by atoms with Gasteiger partial charge in [-0.05, 0) is 30.4 Å². The minimum atomic E-state index is 0.586. The van der Waals surface area contributed by atoms with E-state index in [2.05, 4.69) is 52.6 Å². The first kappa shape index (κ1) is 13.8. The fourth-order valence-electron chi connectivity index (χ4n) is 3.96. The summed E-state index contributed by atoms with van der Waals surface area (Å²) in [4.78, 5) is 2.71. The summed E-state index contributed by atoms with van der Waals surface area (Å²) >= 11 is 0. The number of hydrogen-bond donors (Lipinski definition) is 0. The van der Waals surface area contributed by atoms with Crippen LogP contribution in [-0.2, 0) is 13.6 Å². The molecule has 1 aromatic heterocycles. The molecule has 2 aromatic rings. The lowest BCUT2D eigenvalue weighted by Crippen LogP contribution is -2.47. The summed E-state index contributed by atoms with van der Waals surface area (Å²) in [6.07, 6.45) is 11.8. The van der Waals surface area contributed by atoms with Gasteiger partial charge in [0.05, 0.1) is 6.20 Å². The molecule has 114 valence electrons. The van der Waals surface area contributed by atoms with Crippen LogP contribution in [0.15, 0.2) is 48.8 Å². The van der Waals surface area contributed by atoms with Crippen LogP contribution in [0.5, 0.6) is 0 Å². The van der Waals surface area contributed by atoms with Gasteiger partial charge in [0.15, 0.2) is 0 Å². The molecule has 1 saturated heterocycles. The third-order valence-electron chi connectivity index (χ3n) is 5.06. The van der Waals surface area contributed by atoms with Gasteiger partial charge in [0, 0.05) is 37.4 Å². The normalized spacial score (nSPS) is 25.0. The van der Waals surface area contributed by atoms with E-state index in [1.807, 2.05) is 17.9 Å². The Morgan fingerprint density at radius 3 is 2.77 bits per heavy atom. The van der Waals surface area contributed by atoms with Crippen molar-refractivity contribution < 1.29 is 0 Å². The van der Waals surface area contributed by atoms with E-state index in [0.717, 1.165) is 13.0 Å². The third kappa shape index (κ3) is 2.61. The third-order valence-corrected chi connectivity index (χ3v) is 5.06. The number of nitrogens with zero attached hydrogens (tertiary/aromatic N) is 3. The van der Waals surface area contributed by atoms with Gasteiger partial charge in [-0.25, -0.2) is 0 Å². The lowest BCUT2D eigenvalue weighted by atomic mass is 9.83. The SMILES string of the molecule is Cn1cc(C2=CC3CCCC(C2)N3Cc2ccccc2)cn1. The Bertz CT molecular complexity index is 671. The topological polar surface area (TPSA) is 21.1 Å². The van der Waals surface area contributed by atoms with Crippen molar-refractivity contribution in [2.45, 2.75) is 44.3 Å². The number of aryl methyl sites for hydroxylation is 1. The maximum absolute atomic E-state index is 4.33. The molecule has 1 fully saturated rings. The molecule has 3 heteroatoms. The van der Waals surface area contributed by atoms with Gasteiger partial charge in [0.2, 0.25) is 0 Å². The maximum atomic E-state index is 4.33. The van der Waals surface area contributed by atoms with Gasteiger partial charge in [0.25, 0.3) is 0 Å². The van der Waals surface area contributed by atoms with Gasteiger partial charge in [-0.1, -0.05) is 42.8 Å². The van der Waals surface area contributed by atoms with Crippen molar-refractivity contribution in [2.24, 2.45) is 7.05 Å². The van der Waals surface area contributed by atoms with Crippen LogP contribution in [0.4, 0.5) is 0 Å². The second kappa shape index (κ2) is 5.73. The predicted molar refractivity (Wildman–Crippen MR) is 89.2 cm³/mol. The van der Waals surface area contributed by atoms with Crippen molar-refractivity contribution in [1.29, 1.82) is 0 Å². The largest absolute Gasteiger partial charge is 0.289 e. The molecule has 2 unspecified atom stereocenters.